The summed E-state index contributed by atoms with van der Waals surface area (Å²) in [7, 11) is 0. The van der Waals surface area contributed by atoms with Crippen molar-refractivity contribution in [2.24, 2.45) is 5.73 Å². The van der Waals surface area contributed by atoms with Crippen LogP contribution in [0.3, 0.4) is 0 Å². The minimum Gasteiger partial charge on any atom is -0.480 e. The van der Waals surface area contributed by atoms with Crippen molar-refractivity contribution in [3.8, 4) is 0 Å². The summed E-state index contributed by atoms with van der Waals surface area (Å²) in [5.41, 5.74) is 6.00. The van der Waals surface area contributed by atoms with Crippen LogP contribution in [0.25, 0.3) is 0 Å². The van der Waals surface area contributed by atoms with E-state index in [1.54, 1.807) is 6.20 Å². The van der Waals surface area contributed by atoms with Gasteiger partial charge in [-0.1, -0.05) is 0 Å². The Morgan fingerprint density at radius 2 is 2.31 bits per heavy atom. The SMILES string of the molecule is Br.Br.NC(Cc1cnc[nH]1)C(=O)O. The molecular weight excluding hydrogens is 306 g/mol. The molecule has 0 bridgehead atoms. The third-order valence-electron chi connectivity index (χ3n) is 1.31. The van der Waals surface area contributed by atoms with Crippen LogP contribution in [-0.4, -0.2) is 27.1 Å². The lowest BCUT2D eigenvalue weighted by Gasteiger charge is -2.02. The number of hydrogen-bond donors (Lipinski definition) is 3. The van der Waals surface area contributed by atoms with Crippen LogP contribution in [0.1, 0.15) is 5.69 Å². The Labute approximate surface area is 96.3 Å². The van der Waals surface area contributed by atoms with E-state index in [0.717, 1.165) is 5.69 Å². The summed E-state index contributed by atoms with van der Waals surface area (Å²) in [6, 6.07) is -0.851. The molecule has 0 fully saturated rings. The molecule has 0 spiro atoms. The number of carboxylic acid groups (broad SMARTS) is 1. The maximum Gasteiger partial charge on any atom is 0.320 e. The minimum absolute atomic E-state index is 0. The maximum absolute atomic E-state index is 10.3. The second-order valence-corrected chi connectivity index (χ2v) is 2.23. The van der Waals surface area contributed by atoms with Crippen LogP contribution in [0.15, 0.2) is 12.5 Å². The van der Waals surface area contributed by atoms with Gasteiger partial charge in [0.2, 0.25) is 0 Å². The van der Waals surface area contributed by atoms with Gasteiger partial charge in [0.25, 0.3) is 0 Å². The molecule has 0 aliphatic heterocycles. The van der Waals surface area contributed by atoms with E-state index < -0.39 is 12.0 Å². The van der Waals surface area contributed by atoms with E-state index in [1.165, 1.54) is 6.33 Å². The fourth-order valence-electron chi connectivity index (χ4n) is 0.721. The third-order valence-corrected chi connectivity index (χ3v) is 1.31. The van der Waals surface area contributed by atoms with Crippen molar-refractivity contribution in [2.45, 2.75) is 12.5 Å². The topological polar surface area (TPSA) is 92.0 Å². The molecule has 13 heavy (non-hydrogen) atoms. The van der Waals surface area contributed by atoms with Crippen molar-refractivity contribution < 1.29 is 9.90 Å². The predicted molar refractivity (Wildman–Crippen MR) is 58.5 cm³/mol. The van der Waals surface area contributed by atoms with Gasteiger partial charge in [0.15, 0.2) is 0 Å². The number of hydrogen-bond acceptors (Lipinski definition) is 3. The van der Waals surface area contributed by atoms with Crippen molar-refractivity contribution in [1.82, 2.24) is 9.97 Å². The van der Waals surface area contributed by atoms with Crippen LogP contribution in [0.4, 0.5) is 0 Å². The molecule has 1 rings (SSSR count). The molecule has 1 atom stereocenters. The molecule has 0 amide bonds. The van der Waals surface area contributed by atoms with Gasteiger partial charge >= 0.3 is 5.97 Å². The number of nitrogens with zero attached hydrogens (tertiary/aromatic N) is 1. The monoisotopic (exact) mass is 315 g/mol. The normalized spacial score (nSPS) is 10.8. The summed E-state index contributed by atoms with van der Waals surface area (Å²) in [6.45, 7) is 0. The van der Waals surface area contributed by atoms with Gasteiger partial charge in [-0.25, -0.2) is 4.98 Å². The quantitative estimate of drug-likeness (QED) is 0.758. The molecule has 76 valence electrons. The number of imidazole rings is 1. The highest BCUT2D eigenvalue weighted by molar-refractivity contribution is 8.93. The lowest BCUT2D eigenvalue weighted by atomic mass is 10.2. The molecular formula is C6H11Br2N3O2. The summed E-state index contributed by atoms with van der Waals surface area (Å²) >= 11 is 0. The molecule has 7 heteroatoms. The summed E-state index contributed by atoms with van der Waals surface area (Å²) in [5, 5.41) is 8.42. The highest BCUT2D eigenvalue weighted by Gasteiger charge is 2.11. The van der Waals surface area contributed by atoms with Gasteiger partial charge in [-0.05, 0) is 0 Å². The Kier molecular flexibility index (Phi) is 8.18. The molecule has 0 radical (unpaired) electrons. The molecule has 0 aliphatic carbocycles. The number of aromatic nitrogens is 2. The van der Waals surface area contributed by atoms with Crippen LogP contribution in [0.2, 0.25) is 0 Å². The van der Waals surface area contributed by atoms with Gasteiger partial charge in [-0.15, -0.1) is 34.0 Å². The molecule has 0 saturated carbocycles. The largest absolute Gasteiger partial charge is 0.480 e. The summed E-state index contributed by atoms with van der Waals surface area (Å²) < 4.78 is 0. The number of aliphatic carboxylic acids is 1. The molecule has 1 aromatic rings. The molecule has 1 aromatic heterocycles. The van der Waals surface area contributed by atoms with E-state index in [-0.39, 0.29) is 40.4 Å². The van der Waals surface area contributed by atoms with E-state index in [0.29, 0.717) is 0 Å². The highest BCUT2D eigenvalue weighted by atomic mass is 79.9. The van der Waals surface area contributed by atoms with Crippen LogP contribution in [0, 0.1) is 0 Å². The molecule has 5 nitrogen and oxygen atoms in total. The Morgan fingerprint density at radius 3 is 2.69 bits per heavy atom. The van der Waals surface area contributed by atoms with Gasteiger partial charge < -0.3 is 15.8 Å². The van der Waals surface area contributed by atoms with Crippen LogP contribution < -0.4 is 5.73 Å². The summed E-state index contributed by atoms with van der Waals surface area (Å²) in [4.78, 5) is 16.8. The molecule has 4 N–H and O–H groups in total. The fourth-order valence-corrected chi connectivity index (χ4v) is 0.721. The Bertz CT molecular complexity index is 240. The first kappa shape index (κ1) is 15.1. The number of H-pyrrole nitrogens is 1. The number of halogens is 2. The highest BCUT2D eigenvalue weighted by Crippen LogP contribution is 1.95. The Balaban J connectivity index is 0. The number of aromatic amines is 1. The van der Waals surface area contributed by atoms with Crippen LogP contribution in [0.5, 0.6) is 0 Å². The maximum atomic E-state index is 10.3. The van der Waals surface area contributed by atoms with Crippen molar-refractivity contribution in [3.63, 3.8) is 0 Å². The number of carboxylic acids is 1. The predicted octanol–water partition coefficient (Wildman–Crippen LogP) is 0.520. The molecule has 1 heterocycles. The van der Waals surface area contributed by atoms with Gasteiger partial charge in [0.1, 0.15) is 6.04 Å². The summed E-state index contributed by atoms with van der Waals surface area (Å²) in [6.07, 6.45) is 3.34. The molecule has 1 unspecified atom stereocenters. The summed E-state index contributed by atoms with van der Waals surface area (Å²) in [5.74, 6) is -1.00. The minimum atomic E-state index is -1.00. The van der Waals surface area contributed by atoms with Crippen molar-refractivity contribution >= 4 is 39.9 Å². The molecule has 0 aromatic carbocycles. The van der Waals surface area contributed by atoms with E-state index in [2.05, 4.69) is 9.97 Å². The zero-order valence-corrected chi connectivity index (χ0v) is 10.1. The first-order valence-electron chi connectivity index (χ1n) is 3.16. The van der Waals surface area contributed by atoms with Gasteiger partial charge in [-0.3, -0.25) is 4.79 Å². The lowest BCUT2D eigenvalue weighted by Crippen LogP contribution is -2.32. The number of carbonyl (C=O) groups is 1. The number of nitrogens with one attached hydrogen (secondary N) is 1. The first-order chi connectivity index (χ1) is 5.20. The zero-order chi connectivity index (χ0) is 8.27. The van der Waals surface area contributed by atoms with Crippen LogP contribution >= 0.6 is 34.0 Å². The fraction of sp³-hybridized carbons (Fsp3) is 0.333. The first-order valence-corrected chi connectivity index (χ1v) is 3.16. The second kappa shape index (κ2) is 7.05. The van der Waals surface area contributed by atoms with Crippen LogP contribution in [-0.2, 0) is 11.2 Å². The van der Waals surface area contributed by atoms with E-state index in [4.69, 9.17) is 10.8 Å². The molecule has 0 aliphatic rings. The van der Waals surface area contributed by atoms with Gasteiger partial charge in [0.05, 0.1) is 6.33 Å². The van der Waals surface area contributed by atoms with Crippen molar-refractivity contribution in [2.75, 3.05) is 0 Å². The Morgan fingerprint density at radius 1 is 1.69 bits per heavy atom. The van der Waals surface area contributed by atoms with Gasteiger partial charge in [0, 0.05) is 18.3 Å². The smallest absolute Gasteiger partial charge is 0.320 e. The number of nitrogens with two attached hydrogens (primary N) is 1. The Hall–Kier alpha value is -0.400. The van der Waals surface area contributed by atoms with E-state index in [9.17, 15) is 4.79 Å². The molecule has 0 saturated heterocycles. The van der Waals surface area contributed by atoms with E-state index >= 15 is 0 Å². The standard InChI is InChI=1S/C6H9N3O2.2BrH/c7-5(6(10)11)1-4-2-8-3-9-4;;/h2-3,5H,1,7H2,(H,8,9)(H,10,11);2*1H. The van der Waals surface area contributed by atoms with Gasteiger partial charge in [-0.2, -0.15) is 0 Å². The van der Waals surface area contributed by atoms with Crippen molar-refractivity contribution in [3.05, 3.63) is 18.2 Å². The van der Waals surface area contributed by atoms with E-state index in [1.807, 2.05) is 0 Å². The van der Waals surface area contributed by atoms with Crippen molar-refractivity contribution in [1.29, 1.82) is 0 Å². The average molecular weight is 317 g/mol. The lowest BCUT2D eigenvalue weighted by molar-refractivity contribution is -0.138. The second-order valence-electron chi connectivity index (χ2n) is 2.23. The third kappa shape index (κ3) is 5.02. The number of rotatable bonds is 3. The average Bonchev–Trinajstić information content (AvgIpc) is 2.39. The zero-order valence-electron chi connectivity index (χ0n) is 6.64.